The molecule has 0 aliphatic rings. The number of rotatable bonds is 9. The molecule has 0 N–H and O–H groups in total. The van der Waals surface area contributed by atoms with E-state index >= 15 is 0 Å². The van der Waals surface area contributed by atoms with Gasteiger partial charge in [0, 0.05) is 0 Å². The van der Waals surface area contributed by atoms with Gasteiger partial charge in [0.1, 0.15) is 0 Å². The van der Waals surface area contributed by atoms with Crippen molar-refractivity contribution in [3.63, 3.8) is 0 Å². The van der Waals surface area contributed by atoms with Crippen LogP contribution in [0.15, 0.2) is 0 Å². The molecule has 0 aliphatic carbocycles. The van der Waals surface area contributed by atoms with Gasteiger partial charge in [0.05, 0.1) is 0 Å². The van der Waals surface area contributed by atoms with Gasteiger partial charge in [0.25, 0.3) is 0 Å². The molecule has 0 amide bonds. The zero-order valence-electron chi connectivity index (χ0n) is 22.7. The molecule has 0 aliphatic heterocycles. The summed E-state index contributed by atoms with van der Waals surface area (Å²) in [5, 5.41) is 0. The normalized spacial score (nSPS) is 17.1. The van der Waals surface area contributed by atoms with E-state index in [2.05, 4.69) is 0 Å². The van der Waals surface area contributed by atoms with Crippen molar-refractivity contribution in [2.24, 2.45) is 5.41 Å². The van der Waals surface area contributed by atoms with Gasteiger partial charge < -0.3 is 0 Å². The summed E-state index contributed by atoms with van der Waals surface area (Å²) in [6.07, 6.45) is -110. The van der Waals surface area contributed by atoms with E-state index in [4.69, 9.17) is 0 Å². The fraction of sp³-hybridized carbons (Fsp3) is 1.00. The van der Waals surface area contributed by atoms with Crippen LogP contribution < -0.4 is 0 Å². The van der Waals surface area contributed by atoms with Gasteiger partial charge in [-0.25, -0.2) is 0 Å². The van der Waals surface area contributed by atoms with Crippen LogP contribution in [0.2, 0.25) is 0 Å². The minimum atomic E-state index is -9.65. The van der Waals surface area contributed by atoms with E-state index in [9.17, 15) is 145 Å². The Morgan fingerprint density at radius 2 is 0.302 bits per heavy atom. The first-order chi connectivity index (χ1) is 22.1. The highest BCUT2D eigenvalue weighted by Crippen LogP contribution is 2.69. The van der Waals surface area contributed by atoms with Crippen LogP contribution in [0.3, 0.4) is 0 Å². The first-order valence-electron chi connectivity index (χ1n) is 11.0. The third-order valence-electron chi connectivity index (χ3n) is 6.18. The highest BCUT2D eigenvalue weighted by molar-refractivity contribution is 5.11. The van der Waals surface area contributed by atoms with Crippen molar-refractivity contribution in [2.45, 2.75) is 97.6 Å². The molecule has 0 spiro atoms. The fourth-order valence-corrected chi connectivity index (χ4v) is 3.36. The van der Waals surface area contributed by atoms with Crippen molar-refractivity contribution in [3.8, 4) is 0 Å². The lowest BCUT2D eigenvalue weighted by atomic mass is 9.83. The standard InChI is InChI=1S/C17H3F33O3/c1-2(15(45,46)51-3(6(18,19)20,7(21,22)23)8(24,25)26,16(47,48)52-4(9(27,28)29,10(30,31)32)11(33,34)35)17(49,50)53-5(12(36,37)38,13(39,40)41)14(42,43)44/h1H3. The summed E-state index contributed by atoms with van der Waals surface area (Å²) in [4.78, 5) is 0. The molecule has 0 radical (unpaired) electrons. The van der Waals surface area contributed by atoms with Gasteiger partial charge in [-0.05, 0) is 6.92 Å². The van der Waals surface area contributed by atoms with Gasteiger partial charge in [-0.3, -0.25) is 14.2 Å². The average Bonchev–Trinajstić information content (AvgIpc) is 2.76. The second-order valence-corrected chi connectivity index (χ2v) is 9.50. The van der Waals surface area contributed by atoms with Crippen LogP contribution >= 0.6 is 0 Å². The van der Waals surface area contributed by atoms with Crippen molar-refractivity contribution in [2.75, 3.05) is 0 Å². The molecule has 0 unspecified atom stereocenters. The predicted octanol–water partition coefficient (Wildman–Crippen LogP) is 11.1. The zero-order valence-corrected chi connectivity index (χ0v) is 22.7. The highest BCUT2D eigenvalue weighted by Gasteiger charge is 2.96. The molecule has 0 aromatic heterocycles. The molecular weight excluding hydrogens is 879 g/mol. The van der Waals surface area contributed by atoms with Crippen molar-refractivity contribution in [1.29, 1.82) is 0 Å². The summed E-state index contributed by atoms with van der Waals surface area (Å²) in [5.74, 6) is 0. The van der Waals surface area contributed by atoms with E-state index in [1.807, 2.05) is 0 Å². The SMILES string of the molecule is CC(C(F)(F)OC(C(F)(F)F)(C(F)(F)F)C(F)(F)F)(C(F)(F)OC(C(F)(F)F)(C(F)(F)F)C(F)(F)F)C(F)(F)OC(C(F)(F)F)(C(F)(F)F)C(F)(F)F. The molecule has 36 heteroatoms. The lowest BCUT2D eigenvalue weighted by molar-refractivity contribution is -0.591. The Morgan fingerprint density at radius 1 is 0.208 bits per heavy atom. The molecule has 0 saturated carbocycles. The molecule has 0 fully saturated rings. The number of hydrogen-bond donors (Lipinski definition) is 0. The summed E-state index contributed by atoms with van der Waals surface area (Å²) < 4.78 is 447. The van der Waals surface area contributed by atoms with Gasteiger partial charge in [-0.15, -0.1) is 0 Å². The molecule has 0 aromatic carbocycles. The second kappa shape index (κ2) is 12.5. The van der Waals surface area contributed by atoms with Crippen molar-refractivity contribution in [1.82, 2.24) is 0 Å². The summed E-state index contributed by atoms with van der Waals surface area (Å²) in [6, 6.07) is 0. The first-order valence-corrected chi connectivity index (χ1v) is 11.0. The van der Waals surface area contributed by atoms with Crippen molar-refractivity contribution in [3.05, 3.63) is 0 Å². The van der Waals surface area contributed by atoms with Crippen LogP contribution in [0, 0.1) is 5.41 Å². The van der Waals surface area contributed by atoms with Crippen molar-refractivity contribution >= 4 is 0 Å². The van der Waals surface area contributed by atoms with E-state index in [0.29, 0.717) is 0 Å². The highest BCUT2D eigenvalue weighted by atomic mass is 19.5. The van der Waals surface area contributed by atoms with Crippen LogP contribution in [0.1, 0.15) is 6.92 Å². The van der Waals surface area contributed by atoms with Gasteiger partial charge in [-0.2, -0.15) is 145 Å². The lowest BCUT2D eigenvalue weighted by Gasteiger charge is -2.51. The van der Waals surface area contributed by atoms with Crippen LogP contribution in [0.25, 0.3) is 0 Å². The van der Waals surface area contributed by atoms with Gasteiger partial charge in [-0.1, -0.05) is 0 Å². The van der Waals surface area contributed by atoms with Crippen LogP contribution in [0.5, 0.6) is 0 Å². The number of halogens is 33. The van der Waals surface area contributed by atoms with E-state index in [-0.39, 0.29) is 0 Å². The van der Waals surface area contributed by atoms with Gasteiger partial charge >= 0.3 is 90.7 Å². The molecule has 320 valence electrons. The Kier molecular flexibility index (Phi) is 12.0. The topological polar surface area (TPSA) is 27.7 Å². The Bertz CT molecular complexity index is 1010. The monoisotopic (exact) mass is 882 g/mol. The van der Waals surface area contributed by atoms with Crippen LogP contribution in [-0.2, 0) is 14.2 Å². The number of hydrogen-bond acceptors (Lipinski definition) is 3. The third kappa shape index (κ3) is 7.35. The minimum Gasteiger partial charge on any atom is -0.286 e. The first kappa shape index (κ1) is 50.6. The van der Waals surface area contributed by atoms with Crippen LogP contribution in [-0.4, -0.2) is 90.7 Å². The summed E-state index contributed by atoms with van der Waals surface area (Å²) in [5.41, 5.74) is -37.2. The number of alkyl halides is 33. The smallest absolute Gasteiger partial charge is 0.286 e. The third-order valence-corrected chi connectivity index (χ3v) is 6.18. The maximum absolute atomic E-state index is 14.9. The van der Waals surface area contributed by atoms with Crippen molar-refractivity contribution < 1.29 is 159 Å². The zero-order chi connectivity index (χ0) is 44.1. The number of ether oxygens (including phenoxy) is 3. The quantitative estimate of drug-likeness (QED) is 0.216. The van der Waals surface area contributed by atoms with Gasteiger partial charge in [0.15, 0.2) is 0 Å². The summed E-state index contributed by atoms with van der Waals surface area (Å²) in [6.45, 7) is -3.12. The maximum atomic E-state index is 14.9. The molecule has 53 heavy (non-hydrogen) atoms. The van der Waals surface area contributed by atoms with E-state index < -0.39 is 103 Å². The van der Waals surface area contributed by atoms with E-state index in [0.717, 1.165) is 14.2 Å². The molecule has 0 bridgehead atoms. The molecule has 0 atom stereocenters. The molecule has 0 rings (SSSR count). The lowest BCUT2D eigenvalue weighted by Crippen LogP contribution is -2.78. The summed E-state index contributed by atoms with van der Waals surface area (Å²) >= 11 is 0. The Hall–Kier alpha value is -2.43. The molecular formula is C17H3F33O3. The molecule has 0 aromatic rings. The predicted molar refractivity (Wildman–Crippen MR) is 88.9 cm³/mol. The van der Waals surface area contributed by atoms with Gasteiger partial charge in [0.2, 0.25) is 5.41 Å². The minimum absolute atomic E-state index is 0.884. The average molecular weight is 882 g/mol. The Labute approximate surface area is 263 Å². The molecule has 0 saturated heterocycles. The maximum Gasteiger partial charge on any atom is 0.436 e. The Balaban J connectivity index is 9.20. The van der Waals surface area contributed by atoms with Crippen LogP contribution in [0.4, 0.5) is 145 Å². The fourth-order valence-electron chi connectivity index (χ4n) is 3.36. The Morgan fingerprint density at radius 3 is 0.377 bits per heavy atom. The summed E-state index contributed by atoms with van der Waals surface area (Å²) in [7, 11) is 0. The second-order valence-electron chi connectivity index (χ2n) is 9.50. The largest absolute Gasteiger partial charge is 0.436 e. The molecule has 3 nitrogen and oxygen atoms in total. The van der Waals surface area contributed by atoms with E-state index in [1.165, 1.54) is 0 Å². The molecule has 0 heterocycles. The van der Waals surface area contributed by atoms with E-state index in [1.54, 1.807) is 0 Å².